The van der Waals surface area contributed by atoms with Gasteiger partial charge in [-0.2, -0.15) is 5.10 Å². The highest BCUT2D eigenvalue weighted by Gasteiger charge is 2.91. The van der Waals surface area contributed by atoms with E-state index in [2.05, 4.69) is 15.4 Å². The zero-order chi connectivity index (χ0) is 27.4. The fourth-order valence-corrected chi connectivity index (χ4v) is 6.45. The Balaban J connectivity index is 1.59. The topological polar surface area (TPSA) is 101 Å². The molecule has 6 rings (SSSR count). The molecule has 1 unspecified atom stereocenters. The van der Waals surface area contributed by atoms with Gasteiger partial charge in [0, 0.05) is 50.4 Å². The molecule has 4 aliphatic rings. The van der Waals surface area contributed by atoms with E-state index in [1.165, 1.54) is 13.0 Å². The molecule has 1 amide bonds. The lowest BCUT2D eigenvalue weighted by Gasteiger charge is -2.70. The molecule has 0 radical (unpaired) electrons. The zero-order valence-electron chi connectivity index (χ0n) is 19.6. The van der Waals surface area contributed by atoms with Crippen molar-refractivity contribution in [3.63, 3.8) is 0 Å². The standard InChI is InChI=1S/C22H22F7N5O2S/c1-18(6-21(26,27)7-18)10-34-14(17(35)32-11-3-4-31-12(5-11)37(2,30)36)13(16(23)24)15(33-34)19-8-20(25,9-19)22(19,28)29/h3-5,16,30H,6-10H2,1-2H3,(H,31,32,35). The maximum absolute atomic E-state index is 14.6. The second kappa shape index (κ2) is 7.44. The maximum Gasteiger partial charge on any atom is 0.292 e. The molecule has 202 valence electrons. The van der Waals surface area contributed by atoms with E-state index in [1.54, 1.807) is 0 Å². The van der Waals surface area contributed by atoms with Crippen LogP contribution in [0.1, 0.15) is 60.8 Å². The SMILES string of the molecule is CC1(Cn2nc(C34CC(F)(C3)C4(F)F)c(C(F)F)c2C(=O)Nc2ccnc(S(C)(=N)=O)c2)CC(F)(F)C1. The Labute approximate surface area is 206 Å². The fourth-order valence-electron chi connectivity index (χ4n) is 5.83. The molecule has 0 saturated heterocycles. The van der Waals surface area contributed by atoms with Crippen LogP contribution in [0.5, 0.6) is 0 Å². The number of nitrogens with one attached hydrogen (secondary N) is 2. The van der Waals surface area contributed by atoms with Gasteiger partial charge < -0.3 is 5.32 Å². The van der Waals surface area contributed by atoms with E-state index in [0.29, 0.717) is 0 Å². The van der Waals surface area contributed by atoms with Gasteiger partial charge in [0.2, 0.25) is 5.92 Å². The van der Waals surface area contributed by atoms with Crippen LogP contribution in [0.3, 0.4) is 0 Å². The first kappa shape index (κ1) is 25.9. The minimum absolute atomic E-state index is 0.0775. The molecular formula is C22H22F7N5O2S. The molecule has 2 aromatic heterocycles. The van der Waals surface area contributed by atoms with Crippen molar-refractivity contribution in [2.45, 2.75) is 73.5 Å². The van der Waals surface area contributed by atoms with Crippen molar-refractivity contribution in [1.29, 1.82) is 4.78 Å². The van der Waals surface area contributed by atoms with Crippen LogP contribution in [0, 0.1) is 10.2 Å². The number of hydrogen-bond acceptors (Lipinski definition) is 5. The van der Waals surface area contributed by atoms with Crippen LogP contribution in [0.15, 0.2) is 23.4 Å². The van der Waals surface area contributed by atoms with E-state index in [-0.39, 0.29) is 10.7 Å². The molecule has 4 aliphatic carbocycles. The van der Waals surface area contributed by atoms with E-state index >= 15 is 0 Å². The lowest BCUT2D eigenvalue weighted by Crippen LogP contribution is -2.84. The van der Waals surface area contributed by atoms with Gasteiger partial charge in [-0.25, -0.2) is 44.7 Å². The number of carbonyl (C=O) groups is 1. The fraction of sp³-hybridized carbons (Fsp3) is 0.591. The maximum atomic E-state index is 14.6. The number of pyridine rings is 1. The number of rotatable bonds is 7. The van der Waals surface area contributed by atoms with Crippen LogP contribution in [0.2, 0.25) is 0 Å². The molecule has 2 bridgehead atoms. The van der Waals surface area contributed by atoms with Crippen LogP contribution in [-0.4, -0.2) is 48.7 Å². The summed E-state index contributed by atoms with van der Waals surface area (Å²) in [7, 11) is -3.30. The van der Waals surface area contributed by atoms with E-state index < -0.39 is 99.6 Å². The van der Waals surface area contributed by atoms with Crippen molar-refractivity contribution in [2.24, 2.45) is 5.41 Å². The summed E-state index contributed by atoms with van der Waals surface area (Å²) in [5.41, 5.74) is -9.12. The second-order valence-electron chi connectivity index (χ2n) is 10.7. The predicted molar refractivity (Wildman–Crippen MR) is 116 cm³/mol. The third-order valence-corrected chi connectivity index (χ3v) is 8.52. The smallest absolute Gasteiger partial charge is 0.292 e. The van der Waals surface area contributed by atoms with Gasteiger partial charge in [0.1, 0.15) is 10.7 Å². The van der Waals surface area contributed by atoms with Crippen molar-refractivity contribution >= 4 is 21.3 Å². The average Bonchev–Trinajstić information content (AvgIpc) is 3.08. The van der Waals surface area contributed by atoms with Crippen LogP contribution >= 0.6 is 0 Å². The molecule has 37 heavy (non-hydrogen) atoms. The van der Waals surface area contributed by atoms with Gasteiger partial charge >= 0.3 is 0 Å². The third-order valence-electron chi connectivity index (χ3n) is 7.50. The highest BCUT2D eigenvalue weighted by atomic mass is 32.2. The number of carbonyl (C=O) groups excluding carboxylic acids is 1. The number of nitrogens with zero attached hydrogens (tertiary/aromatic N) is 3. The average molecular weight is 554 g/mol. The molecule has 0 aliphatic heterocycles. The number of hydrogen-bond donors (Lipinski definition) is 2. The van der Waals surface area contributed by atoms with E-state index in [9.17, 15) is 39.7 Å². The predicted octanol–water partition coefficient (Wildman–Crippen LogP) is 5.33. The first-order valence-corrected chi connectivity index (χ1v) is 13.2. The summed E-state index contributed by atoms with van der Waals surface area (Å²) >= 11 is 0. The molecular weight excluding hydrogens is 531 g/mol. The summed E-state index contributed by atoms with van der Waals surface area (Å²) in [5.74, 6) is -8.19. The first-order chi connectivity index (χ1) is 16.8. The van der Waals surface area contributed by atoms with Crippen LogP contribution in [0.4, 0.5) is 36.4 Å². The molecule has 4 saturated carbocycles. The number of anilines is 1. The Bertz CT molecular complexity index is 1410. The summed E-state index contributed by atoms with van der Waals surface area (Å²) in [6, 6.07) is 2.32. The van der Waals surface area contributed by atoms with E-state index in [1.807, 2.05) is 0 Å². The highest BCUT2D eigenvalue weighted by Crippen LogP contribution is 2.78. The Morgan fingerprint density at radius 1 is 1.19 bits per heavy atom. The minimum atomic E-state index is -3.97. The highest BCUT2D eigenvalue weighted by molar-refractivity contribution is 7.91. The molecule has 1 atom stereocenters. The van der Waals surface area contributed by atoms with Crippen molar-refractivity contribution in [2.75, 3.05) is 11.6 Å². The summed E-state index contributed by atoms with van der Waals surface area (Å²) < 4.78 is 120. The second-order valence-corrected chi connectivity index (χ2v) is 12.9. The normalized spacial score (nSPS) is 30.0. The van der Waals surface area contributed by atoms with Gasteiger partial charge in [-0.05, 0) is 17.5 Å². The van der Waals surface area contributed by atoms with Crippen molar-refractivity contribution in [1.82, 2.24) is 14.8 Å². The molecule has 0 aromatic carbocycles. The largest absolute Gasteiger partial charge is 0.321 e. The number of halogens is 7. The van der Waals surface area contributed by atoms with Gasteiger partial charge in [-0.1, -0.05) is 6.92 Å². The van der Waals surface area contributed by atoms with Gasteiger partial charge in [-0.15, -0.1) is 0 Å². The van der Waals surface area contributed by atoms with Gasteiger partial charge in [0.05, 0.1) is 26.4 Å². The number of amides is 1. The monoisotopic (exact) mass is 553 g/mol. The van der Waals surface area contributed by atoms with Crippen molar-refractivity contribution in [3.8, 4) is 0 Å². The van der Waals surface area contributed by atoms with Crippen LogP contribution in [-0.2, 0) is 21.7 Å². The quantitative estimate of drug-likeness (QED) is 0.453. The summed E-state index contributed by atoms with van der Waals surface area (Å²) in [5, 5.41) is 6.01. The van der Waals surface area contributed by atoms with Gasteiger partial charge in [-0.3, -0.25) is 9.48 Å². The first-order valence-electron chi connectivity index (χ1n) is 11.2. The van der Waals surface area contributed by atoms with Gasteiger partial charge in [0.15, 0.2) is 5.67 Å². The van der Waals surface area contributed by atoms with Gasteiger partial charge in [0.25, 0.3) is 18.3 Å². The van der Waals surface area contributed by atoms with E-state index in [0.717, 1.165) is 23.2 Å². The molecule has 15 heteroatoms. The van der Waals surface area contributed by atoms with Crippen molar-refractivity contribution in [3.05, 3.63) is 35.3 Å². The molecule has 2 aromatic rings. The molecule has 0 spiro atoms. The Morgan fingerprint density at radius 2 is 1.81 bits per heavy atom. The van der Waals surface area contributed by atoms with Crippen molar-refractivity contribution < 1.29 is 39.7 Å². The third kappa shape index (κ3) is 3.67. The Hall–Kier alpha value is -2.71. The number of aromatic nitrogens is 3. The zero-order valence-corrected chi connectivity index (χ0v) is 20.4. The summed E-state index contributed by atoms with van der Waals surface area (Å²) in [6.07, 6.45) is -4.01. The van der Waals surface area contributed by atoms with E-state index in [4.69, 9.17) is 4.78 Å². The Morgan fingerprint density at radius 3 is 2.30 bits per heavy atom. The lowest BCUT2D eigenvalue weighted by molar-refractivity contribution is -0.370. The molecule has 2 N–H and O–H groups in total. The Kier molecular flexibility index (Phi) is 5.21. The number of alkyl halides is 7. The summed E-state index contributed by atoms with van der Waals surface area (Å²) in [4.78, 5) is 17.0. The summed E-state index contributed by atoms with van der Waals surface area (Å²) in [6.45, 7) is 0.994. The minimum Gasteiger partial charge on any atom is -0.321 e. The van der Waals surface area contributed by atoms with Crippen LogP contribution < -0.4 is 5.32 Å². The molecule has 2 heterocycles. The van der Waals surface area contributed by atoms with Crippen LogP contribution in [0.25, 0.3) is 0 Å². The lowest BCUT2D eigenvalue weighted by atomic mass is 9.37. The molecule has 7 nitrogen and oxygen atoms in total. The molecule has 4 fully saturated rings.